The van der Waals surface area contributed by atoms with Crippen LogP contribution in [0.15, 0.2) is 18.2 Å². The monoisotopic (exact) mass is 376 g/mol. The van der Waals surface area contributed by atoms with Crippen LogP contribution in [0.5, 0.6) is 0 Å². The molecular formula is C19H22ClFN4O. The van der Waals surface area contributed by atoms with Crippen molar-refractivity contribution < 1.29 is 9.18 Å². The second kappa shape index (κ2) is 7.99. The minimum absolute atomic E-state index is 0.0699. The molecule has 1 saturated heterocycles. The smallest absolute Gasteiger partial charge is 0.225 e. The third kappa shape index (κ3) is 4.30. The van der Waals surface area contributed by atoms with Crippen molar-refractivity contribution in [3.63, 3.8) is 0 Å². The predicted octanol–water partition coefficient (Wildman–Crippen LogP) is 4.06. The summed E-state index contributed by atoms with van der Waals surface area (Å²) in [4.78, 5) is 23.6. The van der Waals surface area contributed by atoms with Crippen molar-refractivity contribution in [3.8, 4) is 0 Å². The number of rotatable bonds is 5. The largest absolute Gasteiger partial charge is 0.341 e. The molecule has 7 heteroatoms. The Morgan fingerprint density at radius 1 is 1.23 bits per heavy atom. The highest BCUT2D eigenvalue weighted by atomic mass is 35.5. The fourth-order valence-electron chi connectivity index (χ4n) is 3.09. The molecule has 3 rings (SSSR count). The van der Waals surface area contributed by atoms with E-state index in [-0.39, 0.29) is 17.4 Å². The maximum Gasteiger partial charge on any atom is 0.225 e. The van der Waals surface area contributed by atoms with E-state index in [4.69, 9.17) is 11.6 Å². The zero-order chi connectivity index (χ0) is 18.7. The molecule has 138 valence electrons. The highest BCUT2D eigenvalue weighted by Crippen LogP contribution is 2.23. The third-order valence-electron chi connectivity index (χ3n) is 4.54. The molecule has 0 spiro atoms. The number of aromatic nitrogens is 2. The summed E-state index contributed by atoms with van der Waals surface area (Å²) in [5, 5.41) is 2.97. The summed E-state index contributed by atoms with van der Waals surface area (Å²) in [5.74, 6) is 0.145. The topological polar surface area (TPSA) is 58.1 Å². The van der Waals surface area contributed by atoms with Crippen LogP contribution in [0.2, 0.25) is 5.02 Å². The van der Waals surface area contributed by atoms with Gasteiger partial charge in [-0.05, 0) is 50.8 Å². The van der Waals surface area contributed by atoms with Crippen LogP contribution in [0.3, 0.4) is 0 Å². The maximum absolute atomic E-state index is 13.2. The fraction of sp³-hybridized carbons (Fsp3) is 0.421. The van der Waals surface area contributed by atoms with Crippen LogP contribution >= 0.6 is 11.6 Å². The molecule has 0 saturated carbocycles. The number of benzene rings is 1. The lowest BCUT2D eigenvalue weighted by Gasteiger charge is -2.18. The van der Waals surface area contributed by atoms with Gasteiger partial charge in [-0.2, -0.15) is 0 Å². The molecule has 0 radical (unpaired) electrons. The summed E-state index contributed by atoms with van der Waals surface area (Å²) in [5.41, 5.74) is 3.01. The van der Waals surface area contributed by atoms with E-state index in [1.54, 1.807) is 12.1 Å². The van der Waals surface area contributed by atoms with Crippen LogP contribution < -0.4 is 10.2 Å². The molecule has 1 aliphatic heterocycles. The number of nitrogens with one attached hydrogen (secondary N) is 1. The molecule has 1 aliphatic rings. The first kappa shape index (κ1) is 18.6. The lowest BCUT2D eigenvalue weighted by molar-refractivity contribution is -0.116. The lowest BCUT2D eigenvalue weighted by atomic mass is 10.1. The summed E-state index contributed by atoms with van der Waals surface area (Å²) < 4.78 is 13.2. The van der Waals surface area contributed by atoms with Crippen LogP contribution in [0.1, 0.15) is 36.2 Å². The molecule has 1 aromatic carbocycles. The molecule has 26 heavy (non-hydrogen) atoms. The number of halogens is 2. The van der Waals surface area contributed by atoms with Crippen molar-refractivity contribution in [2.24, 2.45) is 0 Å². The van der Waals surface area contributed by atoms with E-state index in [0.29, 0.717) is 12.1 Å². The van der Waals surface area contributed by atoms with Gasteiger partial charge in [0.25, 0.3) is 0 Å². The van der Waals surface area contributed by atoms with Gasteiger partial charge in [0.05, 0.1) is 22.1 Å². The molecular weight excluding hydrogens is 355 g/mol. The lowest BCUT2D eigenvalue weighted by Crippen LogP contribution is -2.22. The van der Waals surface area contributed by atoms with Gasteiger partial charge in [-0.25, -0.2) is 14.4 Å². The first-order valence-corrected chi connectivity index (χ1v) is 9.16. The van der Waals surface area contributed by atoms with Gasteiger partial charge in [0.1, 0.15) is 5.82 Å². The SMILES string of the molecule is Cc1nc(N2CCCC2)nc(C)c1NC(=O)CCc1ccc(F)c(Cl)c1. The highest BCUT2D eigenvalue weighted by Gasteiger charge is 2.18. The molecule has 0 bridgehead atoms. The molecule has 2 heterocycles. The summed E-state index contributed by atoms with van der Waals surface area (Å²) in [6.07, 6.45) is 3.08. The number of hydrogen-bond donors (Lipinski definition) is 1. The van der Waals surface area contributed by atoms with Crippen LogP contribution in [-0.4, -0.2) is 29.0 Å². The minimum atomic E-state index is -0.457. The van der Waals surface area contributed by atoms with E-state index in [0.717, 1.165) is 48.8 Å². The first-order valence-electron chi connectivity index (χ1n) is 8.78. The van der Waals surface area contributed by atoms with Crippen molar-refractivity contribution >= 4 is 29.1 Å². The second-order valence-electron chi connectivity index (χ2n) is 6.56. The minimum Gasteiger partial charge on any atom is -0.341 e. The van der Waals surface area contributed by atoms with Crippen molar-refractivity contribution in [1.82, 2.24) is 9.97 Å². The number of aryl methyl sites for hydroxylation is 3. The quantitative estimate of drug-likeness (QED) is 0.855. The van der Waals surface area contributed by atoms with Gasteiger partial charge < -0.3 is 10.2 Å². The van der Waals surface area contributed by atoms with Gasteiger partial charge in [-0.15, -0.1) is 0 Å². The second-order valence-corrected chi connectivity index (χ2v) is 6.97. The van der Waals surface area contributed by atoms with E-state index in [1.807, 2.05) is 13.8 Å². The molecule has 1 amide bonds. The van der Waals surface area contributed by atoms with Crippen molar-refractivity contribution in [2.45, 2.75) is 39.5 Å². The molecule has 2 aromatic rings. The third-order valence-corrected chi connectivity index (χ3v) is 4.83. The zero-order valence-corrected chi connectivity index (χ0v) is 15.7. The van der Waals surface area contributed by atoms with Crippen molar-refractivity contribution in [3.05, 3.63) is 46.0 Å². The predicted molar refractivity (Wildman–Crippen MR) is 101 cm³/mol. The standard InChI is InChI=1S/C19H22ClFN4O/c1-12-18(13(2)23-19(22-12)25-9-3-4-10-25)24-17(26)8-6-14-5-7-16(21)15(20)11-14/h5,7,11H,3-4,6,8-10H2,1-2H3,(H,24,26). The van der Waals surface area contributed by atoms with Gasteiger partial charge in [-0.3, -0.25) is 4.79 Å². The first-order chi connectivity index (χ1) is 12.4. The van der Waals surface area contributed by atoms with E-state index >= 15 is 0 Å². The normalized spacial score (nSPS) is 13.9. The zero-order valence-electron chi connectivity index (χ0n) is 15.0. The Morgan fingerprint density at radius 3 is 2.50 bits per heavy atom. The molecule has 0 aliphatic carbocycles. The summed E-state index contributed by atoms with van der Waals surface area (Å²) >= 11 is 5.77. The molecule has 1 N–H and O–H groups in total. The Morgan fingerprint density at radius 2 is 1.88 bits per heavy atom. The Balaban J connectivity index is 1.64. The highest BCUT2D eigenvalue weighted by molar-refractivity contribution is 6.30. The van der Waals surface area contributed by atoms with E-state index in [2.05, 4.69) is 20.2 Å². The van der Waals surface area contributed by atoms with Crippen LogP contribution in [0, 0.1) is 19.7 Å². The molecule has 0 unspecified atom stereocenters. The van der Waals surface area contributed by atoms with E-state index in [1.165, 1.54) is 6.07 Å². The van der Waals surface area contributed by atoms with Crippen molar-refractivity contribution in [1.29, 1.82) is 0 Å². The van der Waals surface area contributed by atoms with Crippen molar-refractivity contribution in [2.75, 3.05) is 23.3 Å². The Hall–Kier alpha value is -2.21. The Kier molecular flexibility index (Phi) is 5.71. The van der Waals surface area contributed by atoms with Gasteiger partial charge in [0.2, 0.25) is 11.9 Å². The number of nitrogens with zero attached hydrogens (tertiary/aromatic N) is 3. The van der Waals surface area contributed by atoms with Crippen LogP contribution in [-0.2, 0) is 11.2 Å². The van der Waals surface area contributed by atoms with E-state index < -0.39 is 5.82 Å². The van der Waals surface area contributed by atoms with Crippen LogP contribution in [0.4, 0.5) is 16.0 Å². The summed E-state index contributed by atoms with van der Waals surface area (Å²) in [6, 6.07) is 4.50. The summed E-state index contributed by atoms with van der Waals surface area (Å²) in [6.45, 7) is 5.71. The van der Waals surface area contributed by atoms with Gasteiger partial charge in [-0.1, -0.05) is 17.7 Å². The summed E-state index contributed by atoms with van der Waals surface area (Å²) in [7, 11) is 0. The average Bonchev–Trinajstić information content (AvgIpc) is 3.13. The number of carbonyl (C=O) groups is 1. The van der Waals surface area contributed by atoms with Gasteiger partial charge in [0, 0.05) is 19.5 Å². The van der Waals surface area contributed by atoms with Gasteiger partial charge in [0.15, 0.2) is 0 Å². The van der Waals surface area contributed by atoms with Crippen LogP contribution in [0.25, 0.3) is 0 Å². The number of amides is 1. The molecule has 1 fully saturated rings. The molecule has 5 nitrogen and oxygen atoms in total. The number of hydrogen-bond acceptors (Lipinski definition) is 4. The average molecular weight is 377 g/mol. The van der Waals surface area contributed by atoms with Gasteiger partial charge >= 0.3 is 0 Å². The molecule has 0 atom stereocenters. The fourth-order valence-corrected chi connectivity index (χ4v) is 3.30. The number of carbonyl (C=O) groups excluding carboxylic acids is 1. The molecule has 1 aromatic heterocycles. The Bertz CT molecular complexity index is 798. The Labute approximate surface area is 157 Å². The number of anilines is 2. The maximum atomic E-state index is 13.2. The van der Waals surface area contributed by atoms with E-state index in [9.17, 15) is 9.18 Å².